The Balaban J connectivity index is 1.46. The summed E-state index contributed by atoms with van der Waals surface area (Å²) in [5.74, 6) is 3.53. The standard InChI is InChI=1S/C19H18N2O5/c1-12(2)25-16-6-4-3-5-14(16)22-10-18-20-19(21-26-18)13-7-8-15-17(9-13)24-11-23-15/h3-9,12H,10-11H2,1-2H3. The summed E-state index contributed by atoms with van der Waals surface area (Å²) >= 11 is 0. The molecule has 0 atom stereocenters. The van der Waals surface area contributed by atoms with Crippen molar-refractivity contribution in [3.8, 4) is 34.4 Å². The number of para-hydroxylation sites is 2. The summed E-state index contributed by atoms with van der Waals surface area (Å²) < 4.78 is 27.5. The Morgan fingerprint density at radius 1 is 1.04 bits per heavy atom. The summed E-state index contributed by atoms with van der Waals surface area (Å²) in [4.78, 5) is 4.37. The van der Waals surface area contributed by atoms with Crippen LogP contribution in [0, 0.1) is 0 Å². The maximum atomic E-state index is 5.78. The molecule has 0 unspecified atom stereocenters. The Kier molecular flexibility index (Phi) is 4.35. The fourth-order valence-corrected chi connectivity index (χ4v) is 2.53. The van der Waals surface area contributed by atoms with Gasteiger partial charge in [0.15, 0.2) is 29.6 Å². The van der Waals surface area contributed by atoms with E-state index in [2.05, 4.69) is 10.1 Å². The number of aromatic nitrogens is 2. The smallest absolute Gasteiger partial charge is 0.264 e. The van der Waals surface area contributed by atoms with Crippen molar-refractivity contribution in [3.05, 3.63) is 48.4 Å². The zero-order valence-corrected chi connectivity index (χ0v) is 14.5. The molecule has 0 fully saturated rings. The van der Waals surface area contributed by atoms with Crippen molar-refractivity contribution in [2.45, 2.75) is 26.6 Å². The van der Waals surface area contributed by atoms with Crippen LogP contribution in [0.5, 0.6) is 23.0 Å². The number of fused-ring (bicyclic) bond motifs is 1. The lowest BCUT2D eigenvalue weighted by atomic mass is 10.2. The van der Waals surface area contributed by atoms with Crippen LogP contribution < -0.4 is 18.9 Å². The van der Waals surface area contributed by atoms with Crippen LogP contribution in [0.1, 0.15) is 19.7 Å². The minimum atomic E-state index is 0.0563. The summed E-state index contributed by atoms with van der Waals surface area (Å²) in [6.07, 6.45) is 0.0563. The van der Waals surface area contributed by atoms with Gasteiger partial charge in [0.25, 0.3) is 5.89 Å². The van der Waals surface area contributed by atoms with Crippen molar-refractivity contribution in [2.75, 3.05) is 6.79 Å². The Morgan fingerprint density at radius 2 is 1.85 bits per heavy atom. The topological polar surface area (TPSA) is 75.8 Å². The van der Waals surface area contributed by atoms with Crippen molar-refractivity contribution >= 4 is 0 Å². The van der Waals surface area contributed by atoms with Gasteiger partial charge in [-0.15, -0.1) is 0 Å². The zero-order valence-electron chi connectivity index (χ0n) is 14.5. The molecule has 0 bridgehead atoms. The van der Waals surface area contributed by atoms with Crippen LogP contribution in [0.3, 0.4) is 0 Å². The Bertz CT molecular complexity index is 906. The minimum Gasteiger partial charge on any atom is -0.487 e. The molecular formula is C19H18N2O5. The van der Waals surface area contributed by atoms with Crippen LogP contribution >= 0.6 is 0 Å². The molecule has 7 heteroatoms. The van der Waals surface area contributed by atoms with E-state index in [1.54, 1.807) is 0 Å². The molecule has 1 aliphatic heterocycles. The highest BCUT2D eigenvalue weighted by molar-refractivity contribution is 5.61. The van der Waals surface area contributed by atoms with Crippen LogP contribution in [0.25, 0.3) is 11.4 Å². The summed E-state index contributed by atoms with van der Waals surface area (Å²) in [6.45, 7) is 4.30. The quantitative estimate of drug-likeness (QED) is 0.666. The molecule has 0 N–H and O–H groups in total. The molecule has 3 aromatic rings. The van der Waals surface area contributed by atoms with Gasteiger partial charge < -0.3 is 23.5 Å². The lowest BCUT2D eigenvalue weighted by Gasteiger charge is -2.13. The second-order valence-electron chi connectivity index (χ2n) is 5.98. The lowest BCUT2D eigenvalue weighted by Crippen LogP contribution is -2.07. The summed E-state index contributed by atoms with van der Waals surface area (Å²) in [5, 5.41) is 4.00. The first-order chi connectivity index (χ1) is 12.7. The van der Waals surface area contributed by atoms with E-state index in [1.807, 2.05) is 56.3 Å². The molecule has 26 heavy (non-hydrogen) atoms. The van der Waals surface area contributed by atoms with E-state index < -0.39 is 0 Å². The molecule has 0 radical (unpaired) electrons. The molecule has 1 aromatic heterocycles. The second kappa shape index (κ2) is 6.95. The first-order valence-electron chi connectivity index (χ1n) is 8.30. The highest BCUT2D eigenvalue weighted by Crippen LogP contribution is 2.35. The van der Waals surface area contributed by atoms with E-state index in [-0.39, 0.29) is 19.5 Å². The molecule has 134 valence electrons. The highest BCUT2D eigenvalue weighted by atomic mass is 16.7. The van der Waals surface area contributed by atoms with Gasteiger partial charge in [0.1, 0.15) is 0 Å². The van der Waals surface area contributed by atoms with E-state index in [9.17, 15) is 0 Å². The molecule has 0 amide bonds. The van der Waals surface area contributed by atoms with E-state index >= 15 is 0 Å². The average Bonchev–Trinajstić information content (AvgIpc) is 3.29. The molecule has 2 heterocycles. The number of ether oxygens (including phenoxy) is 4. The Morgan fingerprint density at radius 3 is 2.69 bits per heavy atom. The van der Waals surface area contributed by atoms with Gasteiger partial charge in [0.05, 0.1) is 6.10 Å². The normalized spacial score (nSPS) is 12.4. The van der Waals surface area contributed by atoms with Crippen molar-refractivity contribution in [1.29, 1.82) is 0 Å². The fourth-order valence-electron chi connectivity index (χ4n) is 2.53. The van der Waals surface area contributed by atoms with Gasteiger partial charge in [0.2, 0.25) is 12.6 Å². The monoisotopic (exact) mass is 354 g/mol. The molecule has 0 saturated heterocycles. The number of hydrogen-bond donors (Lipinski definition) is 0. The molecular weight excluding hydrogens is 336 g/mol. The van der Waals surface area contributed by atoms with E-state index in [4.69, 9.17) is 23.5 Å². The van der Waals surface area contributed by atoms with Gasteiger partial charge in [-0.1, -0.05) is 17.3 Å². The summed E-state index contributed by atoms with van der Waals surface area (Å²) in [6, 6.07) is 13.0. The minimum absolute atomic E-state index is 0.0563. The van der Waals surface area contributed by atoms with Gasteiger partial charge in [-0.2, -0.15) is 4.98 Å². The number of rotatable bonds is 6. The Hall–Kier alpha value is -3.22. The lowest BCUT2D eigenvalue weighted by molar-refractivity contribution is 0.174. The van der Waals surface area contributed by atoms with Crippen LogP contribution in [0.15, 0.2) is 47.0 Å². The maximum Gasteiger partial charge on any atom is 0.264 e. The van der Waals surface area contributed by atoms with Crippen molar-refractivity contribution in [1.82, 2.24) is 10.1 Å². The fraction of sp³-hybridized carbons (Fsp3) is 0.263. The number of benzene rings is 2. The van der Waals surface area contributed by atoms with Crippen molar-refractivity contribution < 1.29 is 23.5 Å². The highest BCUT2D eigenvalue weighted by Gasteiger charge is 2.17. The SMILES string of the molecule is CC(C)Oc1ccccc1OCc1nc(-c2ccc3c(c2)OCO3)no1. The maximum absolute atomic E-state index is 5.78. The second-order valence-corrected chi connectivity index (χ2v) is 5.98. The van der Waals surface area contributed by atoms with E-state index in [1.165, 1.54) is 0 Å². The van der Waals surface area contributed by atoms with Crippen molar-refractivity contribution in [2.24, 2.45) is 0 Å². The largest absolute Gasteiger partial charge is 0.487 e. The van der Waals surface area contributed by atoms with Crippen LogP contribution in [-0.4, -0.2) is 23.0 Å². The van der Waals surface area contributed by atoms with Crippen LogP contribution in [0.2, 0.25) is 0 Å². The third-order valence-corrected chi connectivity index (χ3v) is 3.66. The first-order valence-corrected chi connectivity index (χ1v) is 8.30. The summed E-state index contributed by atoms with van der Waals surface area (Å²) in [7, 11) is 0. The number of nitrogens with zero attached hydrogens (tertiary/aromatic N) is 2. The van der Waals surface area contributed by atoms with Gasteiger partial charge in [-0.05, 0) is 44.2 Å². The number of hydrogen-bond acceptors (Lipinski definition) is 7. The molecule has 1 aliphatic rings. The van der Waals surface area contributed by atoms with E-state index in [0.29, 0.717) is 34.7 Å². The zero-order chi connectivity index (χ0) is 17.9. The van der Waals surface area contributed by atoms with Crippen LogP contribution in [-0.2, 0) is 6.61 Å². The molecule has 2 aromatic carbocycles. The van der Waals surface area contributed by atoms with Gasteiger partial charge in [-0.3, -0.25) is 0 Å². The molecule has 0 saturated carbocycles. The average molecular weight is 354 g/mol. The van der Waals surface area contributed by atoms with Gasteiger partial charge in [0, 0.05) is 5.56 Å². The van der Waals surface area contributed by atoms with Crippen molar-refractivity contribution in [3.63, 3.8) is 0 Å². The Labute approximate surface area is 150 Å². The van der Waals surface area contributed by atoms with Gasteiger partial charge >= 0.3 is 0 Å². The van der Waals surface area contributed by atoms with Crippen LogP contribution in [0.4, 0.5) is 0 Å². The first kappa shape index (κ1) is 16.3. The predicted molar refractivity (Wildman–Crippen MR) is 92.4 cm³/mol. The van der Waals surface area contributed by atoms with Gasteiger partial charge in [-0.25, -0.2) is 0 Å². The molecule has 0 aliphatic carbocycles. The third kappa shape index (κ3) is 3.42. The molecule has 7 nitrogen and oxygen atoms in total. The molecule has 4 rings (SSSR count). The third-order valence-electron chi connectivity index (χ3n) is 3.66. The van der Waals surface area contributed by atoms with E-state index in [0.717, 1.165) is 5.56 Å². The predicted octanol–water partition coefficient (Wildman–Crippen LogP) is 3.83. The summed E-state index contributed by atoms with van der Waals surface area (Å²) in [5.41, 5.74) is 0.785. The molecule has 0 spiro atoms.